The minimum absolute atomic E-state index is 0.220. The first kappa shape index (κ1) is 12.1. The third-order valence-corrected chi connectivity index (χ3v) is 3.60. The normalized spacial score (nSPS) is 11.1. The summed E-state index contributed by atoms with van der Waals surface area (Å²) in [4.78, 5) is 3.23. The van der Waals surface area contributed by atoms with E-state index in [0.717, 1.165) is 16.6 Å². The molecule has 1 aromatic heterocycles. The smallest absolute Gasteiger partial charge is 0.178 e. The second kappa shape index (κ2) is 4.63. The molecule has 4 heteroatoms. The van der Waals surface area contributed by atoms with Crippen LogP contribution in [0.2, 0.25) is 0 Å². The van der Waals surface area contributed by atoms with Crippen LogP contribution in [0.25, 0.3) is 11.0 Å². The van der Waals surface area contributed by atoms with Gasteiger partial charge in [0.25, 0.3) is 0 Å². The predicted octanol–water partition coefficient (Wildman–Crippen LogP) is 4.19. The summed E-state index contributed by atoms with van der Waals surface area (Å²) in [6.07, 6.45) is 0. The van der Waals surface area contributed by atoms with E-state index in [4.69, 9.17) is 12.2 Å². The number of benzene rings is 2. The summed E-state index contributed by atoms with van der Waals surface area (Å²) >= 11 is 5.37. The highest BCUT2D eigenvalue weighted by molar-refractivity contribution is 7.71. The monoisotopic (exact) mass is 272 g/mol. The zero-order valence-electron chi connectivity index (χ0n) is 10.5. The van der Waals surface area contributed by atoms with Gasteiger partial charge in [-0.05, 0) is 48.5 Å². The van der Waals surface area contributed by atoms with E-state index in [9.17, 15) is 4.39 Å². The summed E-state index contributed by atoms with van der Waals surface area (Å²) in [5, 5.41) is 0. The van der Waals surface area contributed by atoms with Crippen molar-refractivity contribution in [1.82, 2.24) is 9.55 Å². The number of halogens is 1. The lowest BCUT2D eigenvalue weighted by molar-refractivity contribution is 0.626. The summed E-state index contributed by atoms with van der Waals surface area (Å²) in [5.41, 5.74) is 4.34. The number of hydrogen-bond acceptors (Lipinski definition) is 1. The molecule has 3 rings (SSSR count). The van der Waals surface area contributed by atoms with Gasteiger partial charge < -0.3 is 9.55 Å². The van der Waals surface area contributed by atoms with Gasteiger partial charge in [-0.2, -0.15) is 0 Å². The Balaban J connectivity index is 2.10. The molecule has 19 heavy (non-hydrogen) atoms. The van der Waals surface area contributed by atoms with Gasteiger partial charge in [-0.25, -0.2) is 4.39 Å². The number of aromatic amines is 1. The fraction of sp³-hybridized carbons (Fsp3) is 0.133. The molecule has 0 aliphatic rings. The summed E-state index contributed by atoms with van der Waals surface area (Å²) in [7, 11) is 0. The molecule has 0 spiro atoms. The Morgan fingerprint density at radius 3 is 2.63 bits per heavy atom. The lowest BCUT2D eigenvalue weighted by Gasteiger charge is -2.05. The molecule has 0 atom stereocenters. The van der Waals surface area contributed by atoms with Gasteiger partial charge in [0.1, 0.15) is 5.82 Å². The van der Waals surface area contributed by atoms with Crippen molar-refractivity contribution in [2.45, 2.75) is 13.5 Å². The van der Waals surface area contributed by atoms with Gasteiger partial charge in [-0.3, -0.25) is 0 Å². The number of para-hydroxylation sites is 1. The van der Waals surface area contributed by atoms with Crippen LogP contribution in [0.4, 0.5) is 4.39 Å². The molecule has 1 N–H and O–H groups in total. The number of hydrogen-bond donors (Lipinski definition) is 1. The van der Waals surface area contributed by atoms with Crippen molar-refractivity contribution in [2.24, 2.45) is 0 Å². The average Bonchev–Trinajstić information content (AvgIpc) is 2.71. The third kappa shape index (κ3) is 2.19. The van der Waals surface area contributed by atoms with Gasteiger partial charge in [-0.1, -0.05) is 24.3 Å². The quantitative estimate of drug-likeness (QED) is 0.694. The maximum absolute atomic E-state index is 12.9. The van der Waals surface area contributed by atoms with Crippen molar-refractivity contribution in [2.75, 3.05) is 0 Å². The van der Waals surface area contributed by atoms with Gasteiger partial charge in [0.15, 0.2) is 4.77 Å². The molecular formula is C15H13FN2S. The topological polar surface area (TPSA) is 20.7 Å². The highest BCUT2D eigenvalue weighted by Gasteiger charge is 2.06. The fourth-order valence-corrected chi connectivity index (χ4v) is 2.52. The van der Waals surface area contributed by atoms with Gasteiger partial charge in [0, 0.05) is 0 Å². The van der Waals surface area contributed by atoms with Crippen LogP contribution in [0, 0.1) is 17.5 Å². The maximum Gasteiger partial charge on any atom is 0.178 e. The lowest BCUT2D eigenvalue weighted by Crippen LogP contribution is -1.99. The van der Waals surface area contributed by atoms with E-state index in [1.807, 2.05) is 16.7 Å². The van der Waals surface area contributed by atoms with E-state index < -0.39 is 0 Å². The lowest BCUT2D eigenvalue weighted by atomic mass is 10.2. The molecule has 0 bridgehead atoms. The van der Waals surface area contributed by atoms with Crippen molar-refractivity contribution in [3.05, 3.63) is 64.2 Å². The minimum atomic E-state index is -0.220. The zero-order valence-corrected chi connectivity index (χ0v) is 11.3. The zero-order chi connectivity index (χ0) is 13.4. The molecule has 0 radical (unpaired) electrons. The van der Waals surface area contributed by atoms with Crippen LogP contribution in [-0.2, 0) is 6.54 Å². The highest BCUT2D eigenvalue weighted by Crippen LogP contribution is 2.19. The molecule has 2 nitrogen and oxygen atoms in total. The molecule has 0 amide bonds. The maximum atomic E-state index is 12.9. The third-order valence-electron chi connectivity index (χ3n) is 3.27. The van der Waals surface area contributed by atoms with E-state index in [-0.39, 0.29) is 5.82 Å². The van der Waals surface area contributed by atoms with Gasteiger partial charge in [0.2, 0.25) is 0 Å². The Kier molecular flexibility index (Phi) is 2.95. The first-order valence-corrected chi connectivity index (χ1v) is 6.48. The predicted molar refractivity (Wildman–Crippen MR) is 77.4 cm³/mol. The number of rotatable bonds is 2. The molecule has 0 fully saturated rings. The molecule has 1 heterocycles. The van der Waals surface area contributed by atoms with Gasteiger partial charge in [0.05, 0.1) is 17.6 Å². The minimum Gasteiger partial charge on any atom is -0.330 e. The molecule has 2 aromatic carbocycles. The standard InChI is InChI=1S/C15H13FN2S/c1-10-3-2-4-13-14(10)17-15(19)18(13)9-11-5-7-12(16)8-6-11/h2-8H,9H2,1H3,(H,17,19). The van der Waals surface area contributed by atoms with Crippen LogP contribution in [0.5, 0.6) is 0 Å². The first-order chi connectivity index (χ1) is 9.15. The molecule has 0 aliphatic carbocycles. The molecule has 0 unspecified atom stereocenters. The average molecular weight is 272 g/mol. The Hall–Kier alpha value is -1.94. The number of aryl methyl sites for hydroxylation is 1. The Labute approximate surface area is 115 Å². The Morgan fingerprint density at radius 2 is 1.89 bits per heavy atom. The van der Waals surface area contributed by atoms with Crippen molar-refractivity contribution >= 4 is 23.3 Å². The molecule has 96 valence electrons. The fourth-order valence-electron chi connectivity index (χ4n) is 2.25. The van der Waals surface area contributed by atoms with Gasteiger partial charge >= 0.3 is 0 Å². The van der Waals surface area contributed by atoms with Crippen molar-refractivity contribution in [3.8, 4) is 0 Å². The van der Waals surface area contributed by atoms with Crippen LogP contribution in [0.1, 0.15) is 11.1 Å². The Bertz CT molecular complexity index is 784. The van der Waals surface area contributed by atoms with E-state index in [1.165, 1.54) is 17.7 Å². The van der Waals surface area contributed by atoms with Crippen LogP contribution in [-0.4, -0.2) is 9.55 Å². The second-order valence-electron chi connectivity index (χ2n) is 4.61. The van der Waals surface area contributed by atoms with Crippen LogP contribution >= 0.6 is 12.2 Å². The molecule has 3 aromatic rings. The second-order valence-corrected chi connectivity index (χ2v) is 5.00. The van der Waals surface area contributed by atoms with Crippen molar-refractivity contribution < 1.29 is 4.39 Å². The highest BCUT2D eigenvalue weighted by atomic mass is 32.1. The molecule has 0 saturated carbocycles. The van der Waals surface area contributed by atoms with Crippen LogP contribution in [0.15, 0.2) is 42.5 Å². The van der Waals surface area contributed by atoms with Crippen LogP contribution < -0.4 is 0 Å². The van der Waals surface area contributed by atoms with E-state index in [0.29, 0.717) is 11.3 Å². The summed E-state index contributed by atoms with van der Waals surface area (Å²) in [6.45, 7) is 2.69. The van der Waals surface area contributed by atoms with Crippen molar-refractivity contribution in [3.63, 3.8) is 0 Å². The Morgan fingerprint density at radius 1 is 1.16 bits per heavy atom. The molecular weight excluding hydrogens is 259 g/mol. The molecule has 0 aliphatic heterocycles. The summed E-state index contributed by atoms with van der Waals surface area (Å²) in [6, 6.07) is 12.6. The van der Waals surface area contributed by atoms with Crippen molar-refractivity contribution in [1.29, 1.82) is 0 Å². The number of imidazole rings is 1. The van der Waals surface area contributed by atoms with E-state index in [1.54, 1.807) is 12.1 Å². The van der Waals surface area contributed by atoms with Gasteiger partial charge in [-0.15, -0.1) is 0 Å². The number of nitrogens with zero attached hydrogens (tertiary/aromatic N) is 1. The van der Waals surface area contributed by atoms with E-state index >= 15 is 0 Å². The number of nitrogens with one attached hydrogen (secondary N) is 1. The number of aromatic nitrogens is 2. The number of H-pyrrole nitrogens is 1. The largest absolute Gasteiger partial charge is 0.330 e. The van der Waals surface area contributed by atoms with E-state index in [2.05, 4.69) is 18.0 Å². The molecule has 0 saturated heterocycles. The summed E-state index contributed by atoms with van der Waals surface area (Å²) in [5.74, 6) is -0.220. The van der Waals surface area contributed by atoms with Crippen LogP contribution in [0.3, 0.4) is 0 Å². The summed E-state index contributed by atoms with van der Waals surface area (Å²) < 4.78 is 15.6. The SMILES string of the molecule is Cc1cccc2c1[nH]c(=S)n2Cc1ccc(F)cc1. The first-order valence-electron chi connectivity index (χ1n) is 6.08. The number of fused-ring (bicyclic) bond motifs is 1.